The first kappa shape index (κ1) is 15.1. The second-order valence-corrected chi connectivity index (χ2v) is 6.33. The Bertz CT molecular complexity index is 623. The molecule has 0 aromatic carbocycles. The van der Waals surface area contributed by atoms with Crippen molar-refractivity contribution in [1.82, 2.24) is 9.55 Å². The van der Waals surface area contributed by atoms with Crippen molar-refractivity contribution in [3.63, 3.8) is 0 Å². The number of hydrogen-bond acceptors (Lipinski definition) is 6. The molecule has 3 heterocycles. The third kappa shape index (κ3) is 2.56. The number of fused-ring (bicyclic) bond motifs is 1. The van der Waals surface area contributed by atoms with Gasteiger partial charge in [-0.3, -0.25) is 4.57 Å². The minimum absolute atomic E-state index is 0.241. The van der Waals surface area contributed by atoms with Crippen molar-refractivity contribution in [2.24, 2.45) is 0 Å². The van der Waals surface area contributed by atoms with Crippen molar-refractivity contribution in [3.8, 4) is 0 Å². The minimum Gasteiger partial charge on any atom is -0.381 e. The average Bonchev–Trinajstić information content (AvgIpc) is 2.87. The molecular formula is C12H15FIN3O4. The van der Waals surface area contributed by atoms with E-state index in [4.69, 9.17) is 19.9 Å². The summed E-state index contributed by atoms with van der Waals surface area (Å²) in [5.41, 5.74) is 4.61. The number of aromatic nitrogens is 2. The fourth-order valence-corrected chi connectivity index (χ4v) is 3.36. The lowest BCUT2D eigenvalue weighted by molar-refractivity contribution is -0.194. The zero-order chi connectivity index (χ0) is 15.4. The molecule has 1 aromatic heterocycles. The molecule has 2 aliphatic rings. The summed E-state index contributed by atoms with van der Waals surface area (Å²) in [6.45, 7) is 3.58. The van der Waals surface area contributed by atoms with E-state index in [1.165, 1.54) is 0 Å². The lowest BCUT2D eigenvalue weighted by atomic mass is 10.1. The molecule has 116 valence electrons. The van der Waals surface area contributed by atoms with E-state index in [1.807, 2.05) is 0 Å². The van der Waals surface area contributed by atoms with Crippen molar-refractivity contribution in [2.75, 3.05) is 10.2 Å². The second-order valence-electron chi connectivity index (χ2n) is 5.45. The van der Waals surface area contributed by atoms with Crippen LogP contribution in [0.4, 0.5) is 10.2 Å². The largest absolute Gasteiger partial charge is 0.381 e. The van der Waals surface area contributed by atoms with E-state index in [0.29, 0.717) is 4.43 Å². The van der Waals surface area contributed by atoms with E-state index >= 15 is 0 Å². The summed E-state index contributed by atoms with van der Waals surface area (Å²) in [5, 5.41) is 0. The summed E-state index contributed by atoms with van der Waals surface area (Å²) >= 11 is 2.17. The Morgan fingerprint density at radius 2 is 2.14 bits per heavy atom. The maximum atomic E-state index is 13.6. The first-order valence-electron chi connectivity index (χ1n) is 6.43. The van der Waals surface area contributed by atoms with Crippen LogP contribution in [0.15, 0.2) is 11.0 Å². The molecule has 2 aliphatic heterocycles. The highest BCUT2D eigenvalue weighted by molar-refractivity contribution is 14.1. The molecule has 2 unspecified atom stereocenters. The lowest BCUT2D eigenvalue weighted by Crippen LogP contribution is -2.35. The van der Waals surface area contributed by atoms with Crippen LogP contribution in [-0.4, -0.2) is 38.1 Å². The number of nitrogen functional groups attached to an aromatic ring is 1. The van der Waals surface area contributed by atoms with E-state index in [0.717, 1.165) is 10.8 Å². The number of nitrogens with zero attached hydrogens (tertiary/aromatic N) is 2. The molecular weight excluding hydrogens is 396 g/mol. The number of alkyl halides is 1. The van der Waals surface area contributed by atoms with Crippen molar-refractivity contribution >= 4 is 28.4 Å². The SMILES string of the molecule is CC1(C)OC2[C@H](O1)C(n1cc(F)c(N)nc1=O)O[C@@H]2CI. The predicted molar refractivity (Wildman–Crippen MR) is 79.5 cm³/mol. The topological polar surface area (TPSA) is 88.6 Å². The summed E-state index contributed by atoms with van der Waals surface area (Å²) in [6, 6.07) is 0. The van der Waals surface area contributed by atoms with Crippen LogP contribution in [0.2, 0.25) is 0 Å². The molecule has 9 heteroatoms. The Balaban J connectivity index is 1.99. The molecule has 0 bridgehead atoms. The van der Waals surface area contributed by atoms with Crippen molar-refractivity contribution in [1.29, 1.82) is 0 Å². The average molecular weight is 411 g/mol. The van der Waals surface area contributed by atoms with Gasteiger partial charge < -0.3 is 19.9 Å². The molecule has 2 N–H and O–H groups in total. The third-order valence-corrected chi connectivity index (χ3v) is 4.35. The first-order chi connectivity index (χ1) is 9.82. The minimum atomic E-state index is -0.786. The third-order valence-electron chi connectivity index (χ3n) is 3.49. The molecule has 2 saturated heterocycles. The maximum absolute atomic E-state index is 13.6. The van der Waals surface area contributed by atoms with Crippen LogP contribution < -0.4 is 11.4 Å². The molecule has 0 saturated carbocycles. The molecule has 2 fully saturated rings. The van der Waals surface area contributed by atoms with Crippen LogP contribution in [-0.2, 0) is 14.2 Å². The zero-order valence-electron chi connectivity index (χ0n) is 11.5. The highest BCUT2D eigenvalue weighted by atomic mass is 127. The van der Waals surface area contributed by atoms with Gasteiger partial charge >= 0.3 is 5.69 Å². The van der Waals surface area contributed by atoms with Gasteiger partial charge in [-0.05, 0) is 13.8 Å². The van der Waals surface area contributed by atoms with Crippen molar-refractivity contribution in [2.45, 2.75) is 44.2 Å². The number of nitrogens with two attached hydrogens (primary N) is 1. The van der Waals surface area contributed by atoms with E-state index in [9.17, 15) is 9.18 Å². The van der Waals surface area contributed by atoms with E-state index in [-0.39, 0.29) is 12.2 Å². The van der Waals surface area contributed by atoms with Crippen molar-refractivity contribution in [3.05, 3.63) is 22.5 Å². The van der Waals surface area contributed by atoms with Gasteiger partial charge in [-0.1, -0.05) is 22.6 Å². The molecule has 21 heavy (non-hydrogen) atoms. The maximum Gasteiger partial charge on any atom is 0.351 e. The highest BCUT2D eigenvalue weighted by Gasteiger charge is 2.55. The van der Waals surface area contributed by atoms with Gasteiger partial charge in [-0.2, -0.15) is 4.98 Å². The van der Waals surface area contributed by atoms with Crippen molar-refractivity contribution < 1.29 is 18.6 Å². The first-order valence-corrected chi connectivity index (χ1v) is 7.96. The van der Waals surface area contributed by atoms with Gasteiger partial charge in [-0.25, -0.2) is 9.18 Å². The zero-order valence-corrected chi connectivity index (χ0v) is 13.6. The van der Waals surface area contributed by atoms with Gasteiger partial charge in [0, 0.05) is 4.43 Å². The van der Waals surface area contributed by atoms with Gasteiger partial charge in [0.05, 0.1) is 12.3 Å². The van der Waals surface area contributed by atoms with Gasteiger partial charge in [0.25, 0.3) is 0 Å². The van der Waals surface area contributed by atoms with E-state index in [2.05, 4.69) is 27.6 Å². The Labute approximate surface area is 133 Å². The molecule has 7 nitrogen and oxygen atoms in total. The molecule has 1 aromatic rings. The second kappa shape index (κ2) is 5.14. The Morgan fingerprint density at radius 1 is 1.48 bits per heavy atom. The van der Waals surface area contributed by atoms with Crippen LogP contribution >= 0.6 is 22.6 Å². The molecule has 0 spiro atoms. The standard InChI is InChI=1S/C12H15FIN3O4/c1-12(2)20-7-6(3-14)19-10(8(7)21-12)17-4-5(13)9(15)16-11(17)18/h4,6-8,10H,3H2,1-2H3,(H2,15,16,18)/t6-,7?,8+,10?/m1/s1. The highest BCUT2D eigenvalue weighted by Crippen LogP contribution is 2.43. The normalized spacial score (nSPS) is 34.1. The number of ether oxygens (including phenoxy) is 3. The smallest absolute Gasteiger partial charge is 0.351 e. The summed E-state index contributed by atoms with van der Waals surface area (Å²) in [7, 11) is 0. The Hall–Kier alpha value is -0.780. The molecule has 4 atom stereocenters. The van der Waals surface area contributed by atoms with Crippen LogP contribution in [0, 0.1) is 5.82 Å². The Morgan fingerprint density at radius 3 is 2.81 bits per heavy atom. The number of hydrogen-bond donors (Lipinski definition) is 1. The molecule has 0 amide bonds. The quantitative estimate of drug-likeness (QED) is 0.573. The number of halogens is 2. The monoisotopic (exact) mass is 411 g/mol. The van der Waals surface area contributed by atoms with Gasteiger partial charge in [-0.15, -0.1) is 0 Å². The summed E-state index contributed by atoms with van der Waals surface area (Å²) in [4.78, 5) is 15.4. The predicted octanol–water partition coefficient (Wildman–Crippen LogP) is 0.817. The number of rotatable bonds is 2. The van der Waals surface area contributed by atoms with E-state index in [1.54, 1.807) is 13.8 Å². The molecule has 0 radical (unpaired) electrons. The molecule has 3 rings (SSSR count). The fourth-order valence-electron chi connectivity index (χ4n) is 2.65. The van der Waals surface area contributed by atoms with Gasteiger partial charge in [0.1, 0.15) is 12.2 Å². The molecule has 0 aliphatic carbocycles. The number of anilines is 1. The summed E-state index contributed by atoms with van der Waals surface area (Å²) < 4.78 is 32.8. The fraction of sp³-hybridized carbons (Fsp3) is 0.667. The van der Waals surface area contributed by atoms with Crippen LogP contribution in [0.1, 0.15) is 20.1 Å². The summed E-state index contributed by atoms with van der Waals surface area (Å²) in [5.74, 6) is -1.98. The summed E-state index contributed by atoms with van der Waals surface area (Å²) in [6.07, 6.45) is -0.838. The Kier molecular flexibility index (Phi) is 3.71. The van der Waals surface area contributed by atoms with Gasteiger partial charge in [0.15, 0.2) is 23.7 Å². The van der Waals surface area contributed by atoms with E-state index < -0.39 is 35.4 Å². The van der Waals surface area contributed by atoms with Crippen LogP contribution in [0.3, 0.4) is 0 Å². The van der Waals surface area contributed by atoms with Crippen LogP contribution in [0.5, 0.6) is 0 Å². The van der Waals surface area contributed by atoms with Crippen LogP contribution in [0.25, 0.3) is 0 Å². The lowest BCUT2D eigenvalue weighted by Gasteiger charge is -2.24. The van der Waals surface area contributed by atoms with Gasteiger partial charge in [0.2, 0.25) is 0 Å².